The molecule has 0 fully saturated rings. The monoisotopic (exact) mass is 218 g/mol. The molecule has 0 N–H and O–H groups in total. The van der Waals surface area contributed by atoms with Crippen LogP contribution in [0.2, 0.25) is 0 Å². The van der Waals surface area contributed by atoms with Gasteiger partial charge in [-0.25, -0.2) is 0 Å². The Kier molecular flexibility index (Phi) is 10.4. The van der Waals surface area contributed by atoms with Crippen molar-refractivity contribution in [2.45, 2.75) is 45.4 Å². The molecule has 0 rings (SSSR count). The molecule has 66 valence electrons. The SMILES string of the molecule is CCCCCC/C=C/CCBr. The van der Waals surface area contributed by atoms with Gasteiger partial charge in [-0.3, -0.25) is 0 Å². The molecule has 0 amide bonds. The van der Waals surface area contributed by atoms with Gasteiger partial charge in [0.2, 0.25) is 0 Å². The number of rotatable bonds is 7. The molecule has 0 aliphatic carbocycles. The number of allylic oxidation sites excluding steroid dienone is 2. The first kappa shape index (κ1) is 11.2. The normalized spacial score (nSPS) is 11.1. The van der Waals surface area contributed by atoms with Gasteiger partial charge in [0.15, 0.2) is 0 Å². The standard InChI is InChI=1S/C10H19Br/c1-2-3-4-5-6-7-8-9-10-11/h7-8H,2-6,9-10H2,1H3/b8-7+. The minimum Gasteiger partial charge on any atom is -0.0925 e. The van der Waals surface area contributed by atoms with Gasteiger partial charge >= 0.3 is 0 Å². The van der Waals surface area contributed by atoms with E-state index in [2.05, 4.69) is 35.0 Å². The fraction of sp³-hybridized carbons (Fsp3) is 0.800. The van der Waals surface area contributed by atoms with Crippen LogP contribution in [0.4, 0.5) is 0 Å². The van der Waals surface area contributed by atoms with Gasteiger partial charge < -0.3 is 0 Å². The third-order valence-electron chi connectivity index (χ3n) is 1.67. The van der Waals surface area contributed by atoms with E-state index in [1.165, 1.54) is 38.5 Å². The summed E-state index contributed by atoms with van der Waals surface area (Å²) in [4.78, 5) is 0. The van der Waals surface area contributed by atoms with E-state index in [-0.39, 0.29) is 0 Å². The fourth-order valence-corrected chi connectivity index (χ4v) is 1.25. The lowest BCUT2D eigenvalue weighted by molar-refractivity contribution is 0.674. The Morgan fingerprint density at radius 1 is 1.00 bits per heavy atom. The highest BCUT2D eigenvalue weighted by atomic mass is 79.9. The zero-order chi connectivity index (χ0) is 8.36. The predicted molar refractivity (Wildman–Crippen MR) is 56.3 cm³/mol. The van der Waals surface area contributed by atoms with Crippen molar-refractivity contribution in [1.29, 1.82) is 0 Å². The topological polar surface area (TPSA) is 0 Å². The predicted octanol–water partition coefficient (Wildman–Crippen LogP) is 4.30. The second-order valence-corrected chi connectivity index (χ2v) is 3.59. The second kappa shape index (κ2) is 10.2. The van der Waals surface area contributed by atoms with Gasteiger partial charge in [-0.05, 0) is 19.3 Å². The first-order valence-electron chi connectivity index (χ1n) is 4.62. The first-order chi connectivity index (χ1) is 5.41. The molecule has 0 aromatic carbocycles. The molecule has 0 saturated heterocycles. The summed E-state index contributed by atoms with van der Waals surface area (Å²) in [6.45, 7) is 2.25. The minimum atomic E-state index is 1.10. The molecule has 0 bridgehead atoms. The van der Waals surface area contributed by atoms with E-state index in [1.807, 2.05) is 0 Å². The molecular formula is C10H19Br. The van der Waals surface area contributed by atoms with Gasteiger partial charge in [0, 0.05) is 5.33 Å². The van der Waals surface area contributed by atoms with E-state index in [4.69, 9.17) is 0 Å². The van der Waals surface area contributed by atoms with Gasteiger partial charge in [0.1, 0.15) is 0 Å². The van der Waals surface area contributed by atoms with Crippen LogP contribution >= 0.6 is 15.9 Å². The Balaban J connectivity index is 2.89. The van der Waals surface area contributed by atoms with Gasteiger partial charge in [-0.1, -0.05) is 54.3 Å². The Labute approximate surface area is 79.2 Å². The number of unbranched alkanes of at least 4 members (excludes halogenated alkanes) is 4. The Hall–Kier alpha value is 0.220. The van der Waals surface area contributed by atoms with E-state index in [9.17, 15) is 0 Å². The molecular weight excluding hydrogens is 200 g/mol. The van der Waals surface area contributed by atoms with Crippen LogP contribution in [0.1, 0.15) is 45.4 Å². The maximum Gasteiger partial charge on any atom is 0.00659 e. The molecule has 0 aromatic rings. The van der Waals surface area contributed by atoms with Crippen molar-refractivity contribution in [2.75, 3.05) is 5.33 Å². The summed E-state index contributed by atoms with van der Waals surface area (Å²) in [5.41, 5.74) is 0. The van der Waals surface area contributed by atoms with Gasteiger partial charge in [-0.2, -0.15) is 0 Å². The quantitative estimate of drug-likeness (QED) is 0.340. The molecule has 11 heavy (non-hydrogen) atoms. The summed E-state index contributed by atoms with van der Waals surface area (Å²) in [6, 6.07) is 0. The third kappa shape index (κ3) is 10.2. The molecule has 0 aliphatic rings. The lowest BCUT2D eigenvalue weighted by atomic mass is 10.1. The molecule has 0 saturated carbocycles. The summed E-state index contributed by atoms with van der Waals surface area (Å²) in [6.07, 6.45) is 12.5. The van der Waals surface area contributed by atoms with Gasteiger partial charge in [-0.15, -0.1) is 0 Å². The zero-order valence-corrected chi connectivity index (χ0v) is 9.07. The van der Waals surface area contributed by atoms with Crippen molar-refractivity contribution in [1.82, 2.24) is 0 Å². The lowest BCUT2D eigenvalue weighted by Gasteiger charge is -1.93. The molecule has 0 aromatic heterocycles. The van der Waals surface area contributed by atoms with Crippen molar-refractivity contribution in [3.8, 4) is 0 Å². The van der Waals surface area contributed by atoms with Crippen LogP contribution in [0, 0.1) is 0 Å². The van der Waals surface area contributed by atoms with Crippen molar-refractivity contribution in [2.24, 2.45) is 0 Å². The van der Waals surface area contributed by atoms with Crippen molar-refractivity contribution in [3.63, 3.8) is 0 Å². The second-order valence-electron chi connectivity index (χ2n) is 2.80. The van der Waals surface area contributed by atoms with E-state index in [0.717, 1.165) is 5.33 Å². The van der Waals surface area contributed by atoms with Crippen LogP contribution in [0.3, 0.4) is 0 Å². The number of alkyl halides is 1. The molecule has 0 unspecified atom stereocenters. The summed E-state index contributed by atoms with van der Waals surface area (Å²) >= 11 is 3.39. The Morgan fingerprint density at radius 3 is 2.36 bits per heavy atom. The molecule has 1 heteroatoms. The number of hydrogen-bond acceptors (Lipinski definition) is 0. The van der Waals surface area contributed by atoms with E-state index >= 15 is 0 Å². The Morgan fingerprint density at radius 2 is 1.73 bits per heavy atom. The smallest absolute Gasteiger partial charge is 0.00659 e. The largest absolute Gasteiger partial charge is 0.0925 e. The highest BCUT2D eigenvalue weighted by Gasteiger charge is 1.83. The van der Waals surface area contributed by atoms with Crippen molar-refractivity contribution in [3.05, 3.63) is 12.2 Å². The van der Waals surface area contributed by atoms with Crippen LogP contribution < -0.4 is 0 Å². The maximum absolute atomic E-state index is 3.39. The molecule has 0 aliphatic heterocycles. The minimum absolute atomic E-state index is 1.10. The van der Waals surface area contributed by atoms with Crippen LogP contribution in [0.5, 0.6) is 0 Å². The molecule has 0 atom stereocenters. The average molecular weight is 219 g/mol. The van der Waals surface area contributed by atoms with Crippen molar-refractivity contribution < 1.29 is 0 Å². The van der Waals surface area contributed by atoms with Crippen molar-refractivity contribution >= 4 is 15.9 Å². The molecule has 0 heterocycles. The lowest BCUT2D eigenvalue weighted by Crippen LogP contribution is -1.74. The first-order valence-corrected chi connectivity index (χ1v) is 5.75. The van der Waals surface area contributed by atoms with E-state index in [0.29, 0.717) is 0 Å². The fourth-order valence-electron chi connectivity index (χ4n) is 0.988. The Bertz CT molecular complexity index is 86.9. The zero-order valence-electron chi connectivity index (χ0n) is 7.48. The van der Waals surface area contributed by atoms with E-state index in [1.54, 1.807) is 0 Å². The van der Waals surface area contributed by atoms with Gasteiger partial charge in [0.05, 0.1) is 0 Å². The van der Waals surface area contributed by atoms with Crippen LogP contribution in [-0.2, 0) is 0 Å². The molecule has 0 nitrogen and oxygen atoms in total. The maximum atomic E-state index is 3.39. The van der Waals surface area contributed by atoms with Crippen LogP contribution in [0.25, 0.3) is 0 Å². The number of halogens is 1. The average Bonchev–Trinajstić information content (AvgIpc) is 2.03. The van der Waals surface area contributed by atoms with Gasteiger partial charge in [0.25, 0.3) is 0 Å². The third-order valence-corrected chi connectivity index (χ3v) is 2.12. The highest BCUT2D eigenvalue weighted by Crippen LogP contribution is 2.03. The summed E-state index contributed by atoms with van der Waals surface area (Å²) in [7, 11) is 0. The van der Waals surface area contributed by atoms with Crippen LogP contribution in [0.15, 0.2) is 12.2 Å². The number of hydrogen-bond donors (Lipinski definition) is 0. The van der Waals surface area contributed by atoms with E-state index < -0.39 is 0 Å². The molecule has 0 spiro atoms. The summed E-state index contributed by atoms with van der Waals surface area (Å²) < 4.78 is 0. The molecule has 0 radical (unpaired) electrons. The van der Waals surface area contributed by atoms with Crippen LogP contribution in [-0.4, -0.2) is 5.33 Å². The summed E-state index contributed by atoms with van der Waals surface area (Å²) in [5, 5.41) is 1.10. The highest BCUT2D eigenvalue weighted by molar-refractivity contribution is 9.09. The summed E-state index contributed by atoms with van der Waals surface area (Å²) in [5.74, 6) is 0.